The number of aryl methyl sites for hydroxylation is 2. The van der Waals surface area contributed by atoms with Crippen LogP contribution in [0.1, 0.15) is 82.1 Å². The number of ether oxygens (including phenoxy) is 4. The first-order valence-corrected chi connectivity index (χ1v) is 17.3. The Morgan fingerprint density at radius 2 is 1.49 bits per heavy atom. The SMILES string of the molecule is CC(=O)Oc1cc(C)cc(C)c1C(C)(C)CC(=O)Cc1ccc2c(c1)Oc1cc(CC(=O)N3CCOCC3)ccc1C21OC(=O)c2ccccc21. The number of morpholine rings is 1. The van der Waals surface area contributed by atoms with Gasteiger partial charge < -0.3 is 23.8 Å². The van der Waals surface area contributed by atoms with Crippen molar-refractivity contribution in [1.82, 2.24) is 4.90 Å². The number of nitrogens with zero attached hydrogens (tertiary/aromatic N) is 1. The molecule has 3 aliphatic rings. The third-order valence-corrected chi connectivity index (χ3v) is 9.98. The third-order valence-electron chi connectivity index (χ3n) is 9.98. The van der Waals surface area contributed by atoms with E-state index in [9.17, 15) is 19.2 Å². The van der Waals surface area contributed by atoms with Crippen LogP contribution in [0.15, 0.2) is 72.8 Å². The molecule has 1 amide bonds. The minimum absolute atomic E-state index is 0.00109. The average Bonchev–Trinajstić information content (AvgIpc) is 3.36. The van der Waals surface area contributed by atoms with Gasteiger partial charge in [-0.1, -0.05) is 62.4 Å². The quantitative estimate of drug-likeness (QED) is 0.149. The second-order valence-corrected chi connectivity index (χ2v) is 14.4. The third kappa shape index (κ3) is 6.31. The Labute approximate surface area is 297 Å². The molecule has 0 aliphatic carbocycles. The maximum absolute atomic E-state index is 13.8. The summed E-state index contributed by atoms with van der Waals surface area (Å²) in [6.07, 6.45) is 0.538. The van der Waals surface area contributed by atoms with Gasteiger partial charge in [-0.05, 0) is 60.4 Å². The fourth-order valence-electron chi connectivity index (χ4n) is 7.99. The molecule has 0 bridgehead atoms. The Balaban J connectivity index is 1.21. The maximum Gasteiger partial charge on any atom is 0.340 e. The monoisotopic (exact) mass is 687 g/mol. The molecule has 3 heterocycles. The Bertz CT molecular complexity index is 2090. The molecule has 3 aliphatic heterocycles. The zero-order chi connectivity index (χ0) is 36.1. The van der Waals surface area contributed by atoms with Crippen molar-refractivity contribution in [2.24, 2.45) is 0 Å². The fourth-order valence-corrected chi connectivity index (χ4v) is 7.99. The molecule has 7 rings (SSSR count). The van der Waals surface area contributed by atoms with Crippen molar-refractivity contribution in [3.8, 4) is 17.2 Å². The van der Waals surface area contributed by atoms with E-state index in [4.69, 9.17) is 18.9 Å². The lowest BCUT2D eigenvalue weighted by atomic mass is 9.76. The predicted molar refractivity (Wildman–Crippen MR) is 189 cm³/mol. The van der Waals surface area contributed by atoms with Crippen LogP contribution in [0, 0.1) is 13.8 Å². The van der Waals surface area contributed by atoms with Crippen LogP contribution in [-0.2, 0) is 47.7 Å². The van der Waals surface area contributed by atoms with Crippen LogP contribution in [-0.4, -0.2) is 54.8 Å². The number of Topliss-reactive ketones (excluding diaryl/α,β-unsaturated/α-hetero) is 1. The number of amides is 1. The maximum atomic E-state index is 13.8. The molecule has 1 saturated heterocycles. The zero-order valence-corrected chi connectivity index (χ0v) is 29.6. The summed E-state index contributed by atoms with van der Waals surface area (Å²) in [5.74, 6) is 0.588. The fraction of sp³-hybridized carbons (Fsp3) is 0.333. The lowest BCUT2D eigenvalue weighted by Crippen LogP contribution is -2.41. The van der Waals surface area contributed by atoms with Crippen molar-refractivity contribution in [3.05, 3.63) is 123 Å². The highest BCUT2D eigenvalue weighted by molar-refractivity contribution is 5.97. The summed E-state index contributed by atoms with van der Waals surface area (Å²) >= 11 is 0. The van der Waals surface area contributed by atoms with E-state index in [1.54, 1.807) is 11.0 Å². The largest absolute Gasteiger partial charge is 0.456 e. The summed E-state index contributed by atoms with van der Waals surface area (Å²) in [5.41, 5.74) is 4.88. The van der Waals surface area contributed by atoms with Crippen LogP contribution in [0.3, 0.4) is 0 Å². The van der Waals surface area contributed by atoms with Gasteiger partial charge in [0, 0.05) is 60.5 Å². The molecule has 9 heteroatoms. The number of carbonyl (C=O) groups excluding carboxylic acids is 4. The summed E-state index contributed by atoms with van der Waals surface area (Å²) in [6, 6.07) is 22.4. The van der Waals surface area contributed by atoms with Gasteiger partial charge in [0.2, 0.25) is 5.91 Å². The van der Waals surface area contributed by atoms with E-state index in [1.807, 2.05) is 94.4 Å². The first-order valence-electron chi connectivity index (χ1n) is 17.3. The molecule has 1 spiro atoms. The number of carbonyl (C=O) groups is 4. The van der Waals surface area contributed by atoms with Gasteiger partial charge in [-0.25, -0.2) is 4.79 Å². The van der Waals surface area contributed by atoms with Gasteiger partial charge >= 0.3 is 11.9 Å². The average molecular weight is 688 g/mol. The summed E-state index contributed by atoms with van der Waals surface area (Å²) in [5, 5.41) is 0. The minimum Gasteiger partial charge on any atom is -0.456 e. The summed E-state index contributed by atoms with van der Waals surface area (Å²) in [7, 11) is 0. The van der Waals surface area contributed by atoms with E-state index >= 15 is 0 Å². The number of rotatable bonds is 8. The van der Waals surface area contributed by atoms with Gasteiger partial charge in [0.25, 0.3) is 0 Å². The van der Waals surface area contributed by atoms with E-state index in [2.05, 4.69) is 0 Å². The molecule has 0 N–H and O–H groups in total. The lowest BCUT2D eigenvalue weighted by molar-refractivity contribution is -0.134. The number of fused-ring (bicyclic) bond motifs is 6. The highest BCUT2D eigenvalue weighted by atomic mass is 16.6. The van der Waals surface area contributed by atoms with Crippen LogP contribution in [0.4, 0.5) is 0 Å². The van der Waals surface area contributed by atoms with E-state index in [0.29, 0.717) is 65.8 Å². The molecule has 1 unspecified atom stereocenters. The van der Waals surface area contributed by atoms with Crippen molar-refractivity contribution < 1.29 is 38.1 Å². The Hall–Kier alpha value is -5.28. The molecule has 1 atom stereocenters. The van der Waals surface area contributed by atoms with Crippen LogP contribution in [0.25, 0.3) is 0 Å². The van der Waals surface area contributed by atoms with E-state index in [1.165, 1.54) is 6.92 Å². The molecule has 4 aromatic rings. The molecule has 0 aromatic heterocycles. The summed E-state index contributed by atoms with van der Waals surface area (Å²) in [4.78, 5) is 54.0. The Morgan fingerprint density at radius 1 is 0.843 bits per heavy atom. The number of esters is 2. The first kappa shape index (κ1) is 34.2. The molecule has 9 nitrogen and oxygen atoms in total. The van der Waals surface area contributed by atoms with Crippen molar-refractivity contribution in [2.45, 2.75) is 64.9 Å². The second-order valence-electron chi connectivity index (χ2n) is 14.4. The molecular weight excluding hydrogens is 646 g/mol. The van der Waals surface area contributed by atoms with Crippen molar-refractivity contribution in [3.63, 3.8) is 0 Å². The topological polar surface area (TPSA) is 108 Å². The second kappa shape index (κ2) is 13.1. The Kier molecular flexibility index (Phi) is 8.79. The molecule has 4 aromatic carbocycles. The number of benzene rings is 4. The number of hydrogen-bond acceptors (Lipinski definition) is 8. The highest BCUT2D eigenvalue weighted by Crippen LogP contribution is 2.56. The van der Waals surface area contributed by atoms with Gasteiger partial charge in [-0.3, -0.25) is 14.4 Å². The molecule has 0 saturated carbocycles. The summed E-state index contributed by atoms with van der Waals surface area (Å²) in [6.45, 7) is 11.4. The predicted octanol–water partition coefficient (Wildman–Crippen LogP) is 6.68. The van der Waals surface area contributed by atoms with E-state index < -0.39 is 23.0 Å². The standard InChI is InChI=1S/C42H41NO8/c1-25-18-26(2)39(37(19-25)49-27(3)44)41(4,5)24-30(45)20-28-10-12-33-35(21-28)50-36-22-29(23-38(46)43-14-16-48-17-15-43)11-13-34(36)42(33)32-9-7-6-8-31(32)40(47)51-42/h6-13,18-19,21-22H,14-17,20,23-24H2,1-5H3. The molecule has 51 heavy (non-hydrogen) atoms. The van der Waals surface area contributed by atoms with Crippen LogP contribution in [0.2, 0.25) is 0 Å². The van der Waals surface area contributed by atoms with Crippen LogP contribution < -0.4 is 9.47 Å². The molecule has 0 radical (unpaired) electrons. The number of ketones is 1. The smallest absolute Gasteiger partial charge is 0.340 e. The lowest BCUT2D eigenvalue weighted by Gasteiger charge is -2.37. The van der Waals surface area contributed by atoms with Crippen molar-refractivity contribution >= 4 is 23.6 Å². The number of hydrogen-bond donors (Lipinski definition) is 0. The zero-order valence-electron chi connectivity index (χ0n) is 29.6. The normalized spacial score (nSPS) is 17.6. The van der Waals surface area contributed by atoms with Crippen molar-refractivity contribution in [2.75, 3.05) is 26.3 Å². The summed E-state index contributed by atoms with van der Waals surface area (Å²) < 4.78 is 23.9. The molecule has 1 fully saturated rings. The van der Waals surface area contributed by atoms with Gasteiger partial charge in [-0.15, -0.1) is 0 Å². The van der Waals surface area contributed by atoms with Gasteiger partial charge in [0.15, 0.2) is 5.60 Å². The first-order chi connectivity index (χ1) is 24.4. The Morgan fingerprint density at radius 3 is 2.16 bits per heavy atom. The van der Waals surface area contributed by atoms with E-state index in [0.717, 1.165) is 27.8 Å². The minimum atomic E-state index is -1.26. The van der Waals surface area contributed by atoms with Gasteiger partial charge in [0.05, 0.1) is 25.2 Å². The molecule has 262 valence electrons. The van der Waals surface area contributed by atoms with Crippen LogP contribution >= 0.6 is 0 Å². The van der Waals surface area contributed by atoms with Crippen LogP contribution in [0.5, 0.6) is 17.2 Å². The van der Waals surface area contributed by atoms with E-state index in [-0.39, 0.29) is 31.0 Å². The van der Waals surface area contributed by atoms with Crippen molar-refractivity contribution in [1.29, 1.82) is 0 Å². The van der Waals surface area contributed by atoms with Gasteiger partial charge in [0.1, 0.15) is 23.0 Å². The highest BCUT2D eigenvalue weighted by Gasteiger charge is 2.53. The van der Waals surface area contributed by atoms with Gasteiger partial charge in [-0.2, -0.15) is 0 Å². The molecular formula is C42H41NO8.